The highest BCUT2D eigenvalue weighted by Crippen LogP contribution is 2.41. The number of nitrogens with one attached hydrogen (secondary N) is 2. The van der Waals surface area contributed by atoms with Gasteiger partial charge in [-0.15, -0.1) is 0 Å². The average Bonchev–Trinajstić information content (AvgIpc) is 2.94. The summed E-state index contributed by atoms with van der Waals surface area (Å²) in [7, 11) is 1.69. The summed E-state index contributed by atoms with van der Waals surface area (Å²) in [5.41, 5.74) is 0.173. The summed E-state index contributed by atoms with van der Waals surface area (Å²) < 4.78 is 0. The van der Waals surface area contributed by atoms with Crippen LogP contribution in [0.3, 0.4) is 0 Å². The molecule has 0 saturated heterocycles. The van der Waals surface area contributed by atoms with Crippen LogP contribution in [0.15, 0.2) is 6.20 Å². The zero-order chi connectivity index (χ0) is 14.6. The van der Waals surface area contributed by atoms with Gasteiger partial charge in [-0.3, -0.25) is 10.1 Å². The summed E-state index contributed by atoms with van der Waals surface area (Å²) >= 11 is 0. The van der Waals surface area contributed by atoms with Crippen LogP contribution in [0.4, 0.5) is 17.5 Å². The zero-order valence-corrected chi connectivity index (χ0v) is 12.0. The van der Waals surface area contributed by atoms with Gasteiger partial charge in [0.2, 0.25) is 11.8 Å². The highest BCUT2D eigenvalue weighted by atomic mass is 16.6. The molecule has 1 aromatic heterocycles. The first-order chi connectivity index (χ1) is 9.60. The molecule has 0 aliphatic heterocycles. The van der Waals surface area contributed by atoms with Gasteiger partial charge in [0, 0.05) is 13.6 Å². The number of aromatic nitrogens is 2. The largest absolute Gasteiger partial charge is 0.364 e. The van der Waals surface area contributed by atoms with E-state index >= 15 is 0 Å². The second-order valence-electron chi connectivity index (χ2n) is 5.35. The highest BCUT2D eigenvalue weighted by Gasteiger charge is 2.32. The number of nitro groups is 1. The van der Waals surface area contributed by atoms with Crippen molar-refractivity contribution in [1.29, 1.82) is 0 Å². The van der Waals surface area contributed by atoms with Crippen molar-refractivity contribution in [2.24, 2.45) is 5.41 Å². The van der Waals surface area contributed by atoms with Crippen LogP contribution in [0.2, 0.25) is 0 Å². The summed E-state index contributed by atoms with van der Waals surface area (Å²) in [5.74, 6) is 0.684. The number of rotatable bonds is 6. The predicted molar refractivity (Wildman–Crippen MR) is 77.9 cm³/mol. The molecule has 0 amide bonds. The minimum absolute atomic E-state index is 0.0757. The summed E-state index contributed by atoms with van der Waals surface area (Å²) in [6.45, 7) is 2.91. The maximum Gasteiger partial charge on any atom is 0.329 e. The number of nitrogens with zero attached hydrogens (tertiary/aromatic N) is 3. The molecule has 20 heavy (non-hydrogen) atoms. The highest BCUT2D eigenvalue weighted by molar-refractivity contribution is 5.57. The normalized spacial score (nSPS) is 16.9. The van der Waals surface area contributed by atoms with E-state index in [0.717, 1.165) is 13.0 Å². The zero-order valence-electron chi connectivity index (χ0n) is 12.0. The Bertz CT molecular complexity index is 486. The molecular weight excluding hydrogens is 258 g/mol. The molecule has 1 fully saturated rings. The molecule has 7 heteroatoms. The Kier molecular flexibility index (Phi) is 4.36. The fourth-order valence-electron chi connectivity index (χ4n) is 2.81. The molecule has 7 nitrogen and oxygen atoms in total. The first-order valence-corrected chi connectivity index (χ1v) is 7.03. The SMILES string of the molecule is CCC1(CNc2nc(NC)ncc2[N+](=O)[O-])CCCC1. The van der Waals surface area contributed by atoms with Crippen LogP contribution in [-0.2, 0) is 0 Å². The van der Waals surface area contributed by atoms with Gasteiger partial charge in [0.05, 0.1) is 4.92 Å². The Morgan fingerprint density at radius 2 is 2.15 bits per heavy atom. The Hall–Kier alpha value is -1.92. The average molecular weight is 279 g/mol. The smallest absolute Gasteiger partial charge is 0.329 e. The monoisotopic (exact) mass is 279 g/mol. The van der Waals surface area contributed by atoms with Crippen LogP contribution in [0.1, 0.15) is 39.0 Å². The lowest BCUT2D eigenvalue weighted by molar-refractivity contribution is -0.384. The molecule has 0 aromatic carbocycles. The standard InChI is InChI=1S/C13H21N5O2/c1-3-13(6-4-5-7-13)9-16-11-10(18(19)20)8-15-12(14-2)17-11/h8H,3-7,9H2,1-2H3,(H2,14,15,16,17). The van der Waals surface area contributed by atoms with Crippen molar-refractivity contribution in [2.75, 3.05) is 24.2 Å². The van der Waals surface area contributed by atoms with Crippen molar-refractivity contribution >= 4 is 17.5 Å². The first kappa shape index (κ1) is 14.5. The van der Waals surface area contributed by atoms with Crippen molar-refractivity contribution in [2.45, 2.75) is 39.0 Å². The van der Waals surface area contributed by atoms with Crippen molar-refractivity contribution in [1.82, 2.24) is 9.97 Å². The van der Waals surface area contributed by atoms with E-state index in [0.29, 0.717) is 11.8 Å². The molecule has 1 aliphatic carbocycles. The lowest BCUT2D eigenvalue weighted by Crippen LogP contribution is -2.26. The quantitative estimate of drug-likeness (QED) is 0.614. The third kappa shape index (κ3) is 2.97. The van der Waals surface area contributed by atoms with Gasteiger partial charge in [0.1, 0.15) is 6.20 Å². The van der Waals surface area contributed by atoms with Gasteiger partial charge >= 0.3 is 5.69 Å². The van der Waals surface area contributed by atoms with Crippen LogP contribution in [-0.4, -0.2) is 28.5 Å². The van der Waals surface area contributed by atoms with Crippen molar-refractivity contribution in [3.8, 4) is 0 Å². The molecule has 2 N–H and O–H groups in total. The Morgan fingerprint density at radius 1 is 1.45 bits per heavy atom. The second kappa shape index (κ2) is 6.02. The molecule has 1 saturated carbocycles. The maximum absolute atomic E-state index is 11.0. The number of anilines is 2. The topological polar surface area (TPSA) is 93.0 Å². The summed E-state index contributed by atoms with van der Waals surface area (Å²) in [6.07, 6.45) is 7.15. The number of hydrogen-bond donors (Lipinski definition) is 2. The van der Waals surface area contributed by atoms with E-state index in [1.165, 1.54) is 31.9 Å². The summed E-state index contributed by atoms with van der Waals surface area (Å²) in [6, 6.07) is 0. The molecule has 110 valence electrons. The van der Waals surface area contributed by atoms with Crippen molar-refractivity contribution < 1.29 is 4.92 Å². The second-order valence-corrected chi connectivity index (χ2v) is 5.35. The van der Waals surface area contributed by atoms with Gasteiger partial charge in [-0.2, -0.15) is 4.98 Å². The molecule has 0 atom stereocenters. The van der Waals surface area contributed by atoms with Crippen LogP contribution < -0.4 is 10.6 Å². The van der Waals surface area contributed by atoms with Crippen molar-refractivity contribution in [3.63, 3.8) is 0 Å². The van der Waals surface area contributed by atoms with Gasteiger partial charge in [-0.1, -0.05) is 19.8 Å². The van der Waals surface area contributed by atoms with E-state index < -0.39 is 4.92 Å². The van der Waals surface area contributed by atoms with E-state index in [2.05, 4.69) is 27.5 Å². The first-order valence-electron chi connectivity index (χ1n) is 7.03. The summed E-state index contributed by atoms with van der Waals surface area (Å²) in [4.78, 5) is 18.6. The molecule has 0 bridgehead atoms. The van der Waals surface area contributed by atoms with Gasteiger partial charge in [0.15, 0.2) is 0 Å². The molecule has 0 unspecified atom stereocenters. The van der Waals surface area contributed by atoms with Crippen LogP contribution in [0.25, 0.3) is 0 Å². The minimum atomic E-state index is -0.449. The molecule has 0 radical (unpaired) electrons. The van der Waals surface area contributed by atoms with Gasteiger partial charge in [0.25, 0.3) is 0 Å². The fraction of sp³-hybridized carbons (Fsp3) is 0.692. The molecule has 1 heterocycles. The molecule has 1 aliphatic rings. The maximum atomic E-state index is 11.0. The molecular formula is C13H21N5O2. The predicted octanol–water partition coefficient (Wildman–Crippen LogP) is 2.81. The summed E-state index contributed by atoms with van der Waals surface area (Å²) in [5, 5.41) is 17.0. The van der Waals surface area contributed by atoms with Crippen molar-refractivity contribution in [3.05, 3.63) is 16.3 Å². The van der Waals surface area contributed by atoms with Gasteiger partial charge in [-0.05, 0) is 24.7 Å². The van der Waals surface area contributed by atoms with Crippen LogP contribution in [0.5, 0.6) is 0 Å². The van der Waals surface area contributed by atoms with Crippen LogP contribution >= 0.6 is 0 Å². The molecule has 0 spiro atoms. The molecule has 2 rings (SSSR count). The van der Waals surface area contributed by atoms with Gasteiger partial charge < -0.3 is 10.6 Å². The van der Waals surface area contributed by atoms with E-state index in [9.17, 15) is 10.1 Å². The Balaban J connectivity index is 2.16. The fourth-order valence-corrected chi connectivity index (χ4v) is 2.81. The van der Waals surface area contributed by atoms with Gasteiger partial charge in [-0.25, -0.2) is 4.98 Å². The molecule has 1 aromatic rings. The minimum Gasteiger partial charge on any atom is -0.364 e. The Morgan fingerprint density at radius 3 is 2.70 bits per heavy atom. The lowest BCUT2D eigenvalue weighted by Gasteiger charge is -2.27. The lowest BCUT2D eigenvalue weighted by atomic mass is 9.83. The number of hydrogen-bond acceptors (Lipinski definition) is 6. The van der Waals surface area contributed by atoms with E-state index in [1.54, 1.807) is 7.05 Å². The van der Waals surface area contributed by atoms with E-state index in [1.807, 2.05) is 0 Å². The third-order valence-corrected chi connectivity index (χ3v) is 4.23. The van der Waals surface area contributed by atoms with E-state index in [-0.39, 0.29) is 11.1 Å². The third-order valence-electron chi connectivity index (χ3n) is 4.23. The van der Waals surface area contributed by atoms with Crippen LogP contribution in [0, 0.1) is 15.5 Å². The Labute approximate surface area is 118 Å². The van der Waals surface area contributed by atoms with E-state index in [4.69, 9.17) is 0 Å².